The van der Waals surface area contributed by atoms with Crippen molar-refractivity contribution in [2.24, 2.45) is 23.2 Å². The third-order valence-electron chi connectivity index (χ3n) is 7.90. The van der Waals surface area contributed by atoms with Crippen LogP contribution in [0.4, 0.5) is 0 Å². The summed E-state index contributed by atoms with van der Waals surface area (Å²) in [7, 11) is 0. The molecule has 0 unspecified atom stereocenters. The molecule has 4 nitrogen and oxygen atoms in total. The van der Waals surface area contributed by atoms with Crippen molar-refractivity contribution in [3.8, 4) is 0 Å². The van der Waals surface area contributed by atoms with Crippen molar-refractivity contribution in [2.75, 3.05) is 32.7 Å². The highest BCUT2D eigenvalue weighted by molar-refractivity contribution is 5.96. The fourth-order valence-electron chi connectivity index (χ4n) is 6.91. The lowest BCUT2D eigenvalue weighted by molar-refractivity contribution is -0.159. The van der Waals surface area contributed by atoms with E-state index in [-0.39, 0.29) is 11.2 Å². The highest BCUT2D eigenvalue weighted by Crippen LogP contribution is 2.60. The van der Waals surface area contributed by atoms with Crippen molar-refractivity contribution in [3.63, 3.8) is 0 Å². The van der Waals surface area contributed by atoms with Crippen molar-refractivity contribution in [1.82, 2.24) is 9.80 Å². The Hall–Kier alpha value is -1.68. The second-order valence-corrected chi connectivity index (χ2v) is 9.87. The van der Waals surface area contributed by atoms with Gasteiger partial charge < -0.3 is 4.90 Å². The van der Waals surface area contributed by atoms with Crippen LogP contribution in [0.25, 0.3) is 0 Å². The molecule has 0 atom stereocenters. The Labute approximate surface area is 168 Å². The number of carbonyl (C=O) groups excluding carboxylic acids is 2. The average molecular weight is 381 g/mol. The lowest BCUT2D eigenvalue weighted by Gasteiger charge is -2.57. The zero-order valence-electron chi connectivity index (χ0n) is 16.8. The molecular weight excluding hydrogens is 348 g/mol. The van der Waals surface area contributed by atoms with E-state index in [0.717, 1.165) is 75.3 Å². The average Bonchev–Trinajstić information content (AvgIpc) is 2.71. The molecule has 1 aromatic carbocycles. The summed E-state index contributed by atoms with van der Waals surface area (Å²) in [5, 5.41) is 0. The quantitative estimate of drug-likeness (QED) is 0.733. The van der Waals surface area contributed by atoms with E-state index in [1.54, 1.807) is 0 Å². The van der Waals surface area contributed by atoms with Crippen molar-refractivity contribution < 1.29 is 9.59 Å². The van der Waals surface area contributed by atoms with Crippen molar-refractivity contribution in [3.05, 3.63) is 35.9 Å². The summed E-state index contributed by atoms with van der Waals surface area (Å²) >= 11 is 0. The maximum absolute atomic E-state index is 13.5. The molecule has 0 radical (unpaired) electrons. The van der Waals surface area contributed by atoms with Gasteiger partial charge in [-0.3, -0.25) is 14.5 Å². The molecule has 28 heavy (non-hydrogen) atoms. The van der Waals surface area contributed by atoms with Crippen LogP contribution in [0.2, 0.25) is 0 Å². The molecule has 1 aromatic rings. The predicted molar refractivity (Wildman–Crippen MR) is 109 cm³/mol. The summed E-state index contributed by atoms with van der Waals surface area (Å²) in [6, 6.07) is 9.57. The first-order valence-corrected chi connectivity index (χ1v) is 11.2. The summed E-state index contributed by atoms with van der Waals surface area (Å²) in [6.07, 6.45) is 8.19. The lowest BCUT2D eigenvalue weighted by Crippen LogP contribution is -2.58. The molecule has 6 rings (SSSR count). The van der Waals surface area contributed by atoms with E-state index in [0.29, 0.717) is 12.3 Å². The Morgan fingerprint density at radius 3 is 2.00 bits per heavy atom. The zero-order chi connectivity index (χ0) is 19.1. The highest BCUT2D eigenvalue weighted by atomic mass is 16.2. The van der Waals surface area contributed by atoms with Gasteiger partial charge in [-0.25, -0.2) is 0 Å². The van der Waals surface area contributed by atoms with Crippen LogP contribution in [-0.4, -0.2) is 54.2 Å². The number of hydrogen-bond acceptors (Lipinski definition) is 3. The Bertz CT molecular complexity index is 701. The second kappa shape index (κ2) is 7.29. The van der Waals surface area contributed by atoms with Crippen molar-refractivity contribution in [2.45, 2.75) is 44.9 Å². The van der Waals surface area contributed by atoms with Gasteiger partial charge in [0.25, 0.3) is 0 Å². The lowest BCUT2D eigenvalue weighted by atomic mass is 9.49. The molecule has 0 spiro atoms. The van der Waals surface area contributed by atoms with Gasteiger partial charge >= 0.3 is 0 Å². The number of piperazine rings is 1. The molecular formula is C24H32N2O2. The summed E-state index contributed by atoms with van der Waals surface area (Å²) in [5.41, 5.74) is 0.790. The molecule has 4 saturated carbocycles. The molecule has 150 valence electrons. The van der Waals surface area contributed by atoms with Crippen LogP contribution in [0, 0.1) is 23.2 Å². The largest absolute Gasteiger partial charge is 0.340 e. The Morgan fingerprint density at radius 2 is 1.43 bits per heavy atom. The van der Waals surface area contributed by atoms with Gasteiger partial charge in [-0.05, 0) is 56.3 Å². The Morgan fingerprint density at radius 1 is 0.857 bits per heavy atom. The minimum atomic E-state index is -0.0137. The van der Waals surface area contributed by atoms with Gasteiger partial charge in [0.2, 0.25) is 5.91 Å². The van der Waals surface area contributed by atoms with E-state index < -0.39 is 0 Å². The van der Waals surface area contributed by atoms with Crippen molar-refractivity contribution >= 4 is 11.7 Å². The minimum absolute atomic E-state index is 0.0137. The minimum Gasteiger partial charge on any atom is -0.340 e. The van der Waals surface area contributed by atoms with Crippen LogP contribution in [0.3, 0.4) is 0 Å². The van der Waals surface area contributed by atoms with E-state index in [1.165, 1.54) is 19.3 Å². The first-order valence-electron chi connectivity index (χ1n) is 11.2. The fourth-order valence-corrected chi connectivity index (χ4v) is 6.91. The maximum Gasteiger partial charge on any atom is 0.228 e. The first-order chi connectivity index (χ1) is 13.6. The normalized spacial score (nSPS) is 34.6. The fraction of sp³-hybridized carbons (Fsp3) is 0.667. The summed E-state index contributed by atoms with van der Waals surface area (Å²) in [4.78, 5) is 30.3. The predicted octanol–water partition coefficient (Wildman–Crippen LogP) is 3.62. The number of ketones is 1. The standard InChI is InChI=1S/C24H32N2O2/c27-22(21-4-2-1-3-5-21)6-7-25-8-10-26(11-9-25)23(28)24-15-18-12-19(16-24)14-20(13-18)17-24/h1-5,18-20H,6-17H2. The smallest absolute Gasteiger partial charge is 0.228 e. The van der Waals surface area contributed by atoms with Crippen LogP contribution in [0.15, 0.2) is 30.3 Å². The van der Waals surface area contributed by atoms with Gasteiger partial charge in [-0.2, -0.15) is 0 Å². The number of nitrogens with zero attached hydrogens (tertiary/aromatic N) is 2. The van der Waals surface area contributed by atoms with Crippen LogP contribution in [0.1, 0.15) is 55.3 Å². The Balaban J connectivity index is 1.13. The van der Waals surface area contributed by atoms with E-state index in [1.807, 2.05) is 30.3 Å². The van der Waals surface area contributed by atoms with E-state index in [2.05, 4.69) is 9.80 Å². The number of Topliss-reactive ketones (excluding diaryl/α,β-unsaturated/α-hetero) is 1. The number of carbonyl (C=O) groups is 2. The number of benzene rings is 1. The van der Waals surface area contributed by atoms with Gasteiger partial charge in [0, 0.05) is 44.7 Å². The molecule has 0 aromatic heterocycles. The van der Waals surface area contributed by atoms with E-state index in [4.69, 9.17) is 0 Å². The molecule has 4 bridgehead atoms. The monoisotopic (exact) mass is 380 g/mol. The van der Waals surface area contributed by atoms with Crippen LogP contribution >= 0.6 is 0 Å². The molecule has 5 aliphatic rings. The van der Waals surface area contributed by atoms with Crippen LogP contribution in [-0.2, 0) is 4.79 Å². The third kappa shape index (κ3) is 3.41. The van der Waals surface area contributed by atoms with Gasteiger partial charge in [0.15, 0.2) is 5.78 Å². The van der Waals surface area contributed by atoms with Crippen LogP contribution in [0.5, 0.6) is 0 Å². The summed E-state index contributed by atoms with van der Waals surface area (Å²) in [6.45, 7) is 4.27. The van der Waals surface area contributed by atoms with E-state index in [9.17, 15) is 9.59 Å². The molecule has 5 fully saturated rings. The molecule has 4 aliphatic carbocycles. The number of amides is 1. The SMILES string of the molecule is O=C(CCN1CCN(C(=O)C23CC4CC(CC(C4)C2)C3)CC1)c1ccccc1. The number of hydrogen-bond donors (Lipinski definition) is 0. The topological polar surface area (TPSA) is 40.6 Å². The van der Waals surface area contributed by atoms with Gasteiger partial charge in [0.1, 0.15) is 0 Å². The molecule has 1 saturated heterocycles. The number of rotatable bonds is 5. The van der Waals surface area contributed by atoms with Gasteiger partial charge in [-0.15, -0.1) is 0 Å². The molecule has 0 N–H and O–H groups in total. The zero-order valence-corrected chi connectivity index (χ0v) is 16.8. The van der Waals surface area contributed by atoms with Crippen molar-refractivity contribution in [1.29, 1.82) is 0 Å². The maximum atomic E-state index is 13.5. The summed E-state index contributed by atoms with van der Waals surface area (Å²) < 4.78 is 0. The first kappa shape index (κ1) is 18.4. The molecule has 1 heterocycles. The highest BCUT2D eigenvalue weighted by Gasteiger charge is 2.55. The summed E-state index contributed by atoms with van der Waals surface area (Å²) in [5.74, 6) is 3.14. The third-order valence-corrected chi connectivity index (χ3v) is 7.90. The Kier molecular flexibility index (Phi) is 4.78. The molecule has 1 amide bonds. The molecule has 4 heteroatoms. The van der Waals surface area contributed by atoms with Gasteiger partial charge in [-0.1, -0.05) is 30.3 Å². The molecule has 1 aliphatic heterocycles. The van der Waals surface area contributed by atoms with Crippen LogP contribution < -0.4 is 0 Å². The van der Waals surface area contributed by atoms with Gasteiger partial charge in [0.05, 0.1) is 5.41 Å². The van der Waals surface area contributed by atoms with E-state index >= 15 is 0 Å². The second-order valence-electron chi connectivity index (χ2n) is 9.87.